The van der Waals surface area contributed by atoms with Gasteiger partial charge in [0, 0.05) is 11.8 Å². The van der Waals surface area contributed by atoms with Crippen molar-refractivity contribution in [3.05, 3.63) is 65.2 Å². The molecule has 1 saturated carbocycles. The predicted molar refractivity (Wildman–Crippen MR) is 122 cm³/mol. The first-order chi connectivity index (χ1) is 15.0. The number of nitrogens with zero attached hydrogens (tertiary/aromatic N) is 2. The van der Waals surface area contributed by atoms with E-state index in [4.69, 9.17) is 9.73 Å². The standard InChI is InChI=1S/C26H30N2O3/c1-17-7-6-10-24(18(17)2)27-15-23-21-8-4-5-9-22(21)25(29)28(26(23)30)16-19-11-13-20(31-3)14-12-19/h4-5,8-9,11-15,17-18,23-24H,6-7,10,16H2,1-3H3/t17-,18-,23?,24-/m1/s1. The fourth-order valence-corrected chi connectivity index (χ4v) is 4.68. The van der Waals surface area contributed by atoms with Crippen molar-refractivity contribution in [1.82, 2.24) is 4.90 Å². The average molecular weight is 419 g/mol. The van der Waals surface area contributed by atoms with Gasteiger partial charge in [0.1, 0.15) is 5.75 Å². The molecule has 0 spiro atoms. The highest BCUT2D eigenvalue weighted by Gasteiger charge is 2.38. The Morgan fingerprint density at radius 3 is 2.55 bits per heavy atom. The number of fused-ring (bicyclic) bond motifs is 1. The molecule has 5 nitrogen and oxygen atoms in total. The third kappa shape index (κ3) is 4.27. The summed E-state index contributed by atoms with van der Waals surface area (Å²) in [5.74, 6) is 0.887. The van der Waals surface area contributed by atoms with E-state index in [-0.39, 0.29) is 24.4 Å². The Hall–Kier alpha value is -2.95. The number of benzene rings is 2. The summed E-state index contributed by atoms with van der Waals surface area (Å²) in [4.78, 5) is 32.8. The van der Waals surface area contributed by atoms with Crippen LogP contribution in [-0.2, 0) is 11.3 Å². The zero-order chi connectivity index (χ0) is 22.0. The highest BCUT2D eigenvalue weighted by Crippen LogP contribution is 2.33. The molecule has 2 aliphatic rings. The molecule has 4 atom stereocenters. The Morgan fingerprint density at radius 2 is 1.81 bits per heavy atom. The Balaban J connectivity index is 1.62. The first-order valence-corrected chi connectivity index (χ1v) is 11.1. The molecule has 0 saturated heterocycles. The predicted octanol–water partition coefficient (Wildman–Crippen LogP) is 4.86. The fourth-order valence-electron chi connectivity index (χ4n) is 4.68. The molecule has 0 radical (unpaired) electrons. The second-order valence-electron chi connectivity index (χ2n) is 8.78. The van der Waals surface area contributed by atoms with Crippen molar-refractivity contribution in [1.29, 1.82) is 0 Å². The normalized spacial score (nSPS) is 26.2. The van der Waals surface area contributed by atoms with E-state index in [0.29, 0.717) is 17.4 Å². The molecule has 1 heterocycles. The molecule has 2 amide bonds. The molecule has 0 bridgehead atoms. The van der Waals surface area contributed by atoms with Crippen LogP contribution in [0, 0.1) is 11.8 Å². The zero-order valence-electron chi connectivity index (χ0n) is 18.5. The number of ether oxygens (including phenoxy) is 1. The Labute approximate surface area is 184 Å². The van der Waals surface area contributed by atoms with Crippen LogP contribution in [-0.4, -0.2) is 36.1 Å². The van der Waals surface area contributed by atoms with E-state index in [9.17, 15) is 9.59 Å². The summed E-state index contributed by atoms with van der Waals surface area (Å²) < 4.78 is 5.21. The fraction of sp³-hybridized carbons (Fsp3) is 0.423. The molecular formula is C26H30N2O3. The van der Waals surface area contributed by atoms with Gasteiger partial charge in [0.25, 0.3) is 5.91 Å². The van der Waals surface area contributed by atoms with E-state index in [1.54, 1.807) is 19.4 Å². The maximum absolute atomic E-state index is 13.4. The van der Waals surface area contributed by atoms with E-state index < -0.39 is 5.92 Å². The van der Waals surface area contributed by atoms with Crippen molar-refractivity contribution in [3.63, 3.8) is 0 Å². The van der Waals surface area contributed by atoms with Crippen LogP contribution in [0.25, 0.3) is 0 Å². The monoisotopic (exact) mass is 418 g/mol. The molecule has 1 aliphatic carbocycles. The molecule has 1 aliphatic heterocycles. The van der Waals surface area contributed by atoms with Crippen molar-refractivity contribution in [2.24, 2.45) is 16.8 Å². The van der Waals surface area contributed by atoms with Crippen molar-refractivity contribution in [3.8, 4) is 5.75 Å². The summed E-state index contributed by atoms with van der Waals surface area (Å²) in [7, 11) is 1.61. The van der Waals surface area contributed by atoms with Gasteiger partial charge in [0.15, 0.2) is 0 Å². The molecule has 2 aromatic rings. The van der Waals surface area contributed by atoms with Crippen LogP contribution in [0.15, 0.2) is 53.5 Å². The number of carbonyl (C=O) groups excluding carboxylic acids is 2. The lowest BCUT2D eigenvalue weighted by Crippen LogP contribution is -2.44. The van der Waals surface area contributed by atoms with Crippen LogP contribution >= 0.6 is 0 Å². The molecule has 162 valence electrons. The molecule has 4 rings (SSSR count). The van der Waals surface area contributed by atoms with Crippen LogP contribution in [0.3, 0.4) is 0 Å². The maximum Gasteiger partial charge on any atom is 0.261 e. The second kappa shape index (κ2) is 9.04. The summed E-state index contributed by atoms with van der Waals surface area (Å²) in [5, 5.41) is 0. The van der Waals surface area contributed by atoms with Gasteiger partial charge >= 0.3 is 0 Å². The average Bonchev–Trinajstić information content (AvgIpc) is 2.79. The molecule has 0 aromatic heterocycles. The lowest BCUT2D eigenvalue weighted by molar-refractivity contribution is -0.129. The van der Waals surface area contributed by atoms with E-state index in [0.717, 1.165) is 23.3 Å². The molecule has 0 N–H and O–H groups in total. The maximum atomic E-state index is 13.4. The quantitative estimate of drug-likeness (QED) is 0.515. The van der Waals surface area contributed by atoms with Crippen molar-refractivity contribution >= 4 is 18.0 Å². The van der Waals surface area contributed by atoms with Gasteiger partial charge in [-0.1, -0.05) is 57.0 Å². The van der Waals surface area contributed by atoms with Gasteiger partial charge in [-0.25, -0.2) is 0 Å². The third-order valence-electron chi connectivity index (χ3n) is 6.89. The van der Waals surface area contributed by atoms with Gasteiger partial charge < -0.3 is 4.74 Å². The molecule has 31 heavy (non-hydrogen) atoms. The minimum Gasteiger partial charge on any atom is -0.497 e. The van der Waals surface area contributed by atoms with Crippen molar-refractivity contribution in [2.75, 3.05) is 7.11 Å². The number of hydrogen-bond acceptors (Lipinski definition) is 4. The number of aliphatic imine (C=N–C) groups is 1. The summed E-state index contributed by atoms with van der Waals surface area (Å²) in [6, 6.07) is 15.1. The summed E-state index contributed by atoms with van der Waals surface area (Å²) in [6.45, 7) is 4.77. The third-order valence-corrected chi connectivity index (χ3v) is 6.89. The first-order valence-electron chi connectivity index (χ1n) is 11.1. The van der Waals surface area contributed by atoms with Crippen LogP contribution < -0.4 is 4.74 Å². The minimum absolute atomic E-state index is 0.209. The summed E-state index contributed by atoms with van der Waals surface area (Å²) in [6.07, 6.45) is 5.26. The highest BCUT2D eigenvalue weighted by atomic mass is 16.5. The SMILES string of the molecule is COc1ccc(CN2C(=O)c3ccccc3C(C=N[C@@H]3CCC[C@@H](C)[C@H]3C)C2=O)cc1. The van der Waals surface area contributed by atoms with Gasteiger partial charge in [-0.15, -0.1) is 0 Å². The van der Waals surface area contributed by atoms with E-state index in [2.05, 4.69) is 13.8 Å². The highest BCUT2D eigenvalue weighted by molar-refractivity contribution is 6.16. The van der Waals surface area contributed by atoms with Gasteiger partial charge in [-0.05, 0) is 47.6 Å². The van der Waals surface area contributed by atoms with Gasteiger partial charge in [-0.2, -0.15) is 0 Å². The van der Waals surface area contributed by atoms with Crippen LogP contribution in [0.4, 0.5) is 0 Å². The van der Waals surface area contributed by atoms with E-state index >= 15 is 0 Å². The number of carbonyl (C=O) groups is 2. The lowest BCUT2D eigenvalue weighted by Gasteiger charge is -2.33. The Morgan fingerprint density at radius 1 is 1.06 bits per heavy atom. The van der Waals surface area contributed by atoms with Gasteiger partial charge in [0.2, 0.25) is 5.91 Å². The largest absolute Gasteiger partial charge is 0.497 e. The second-order valence-corrected chi connectivity index (χ2v) is 8.78. The molecule has 5 heteroatoms. The molecular weight excluding hydrogens is 388 g/mol. The Bertz CT molecular complexity index is 982. The number of methoxy groups -OCH3 is 1. The van der Waals surface area contributed by atoms with Crippen LogP contribution in [0.2, 0.25) is 0 Å². The smallest absolute Gasteiger partial charge is 0.261 e. The number of rotatable bonds is 5. The van der Waals surface area contributed by atoms with Gasteiger partial charge in [0.05, 0.1) is 25.6 Å². The zero-order valence-corrected chi connectivity index (χ0v) is 18.5. The van der Waals surface area contributed by atoms with Crippen LogP contribution in [0.5, 0.6) is 5.75 Å². The summed E-state index contributed by atoms with van der Waals surface area (Å²) in [5.41, 5.74) is 2.22. The van der Waals surface area contributed by atoms with Crippen molar-refractivity contribution in [2.45, 2.75) is 51.6 Å². The number of imide groups is 1. The Kier molecular flexibility index (Phi) is 6.21. The van der Waals surface area contributed by atoms with Crippen molar-refractivity contribution < 1.29 is 14.3 Å². The van der Waals surface area contributed by atoms with Crippen LogP contribution in [0.1, 0.15) is 60.5 Å². The molecule has 1 unspecified atom stereocenters. The van der Waals surface area contributed by atoms with E-state index in [1.807, 2.05) is 42.5 Å². The molecule has 2 aromatic carbocycles. The lowest BCUT2D eigenvalue weighted by atomic mass is 9.78. The number of amides is 2. The number of hydrogen-bond donors (Lipinski definition) is 0. The van der Waals surface area contributed by atoms with E-state index in [1.165, 1.54) is 17.7 Å². The molecule has 1 fully saturated rings. The minimum atomic E-state index is -0.531. The topological polar surface area (TPSA) is 59.0 Å². The first kappa shape index (κ1) is 21.3. The summed E-state index contributed by atoms with van der Waals surface area (Å²) >= 11 is 0. The van der Waals surface area contributed by atoms with Gasteiger partial charge in [-0.3, -0.25) is 19.5 Å².